The van der Waals surface area contributed by atoms with E-state index in [1.54, 1.807) is 0 Å². The third kappa shape index (κ3) is 4.73. The highest BCUT2D eigenvalue weighted by Crippen LogP contribution is 2.30. The lowest BCUT2D eigenvalue weighted by Gasteiger charge is -1.97. The molecule has 0 aromatic heterocycles. The minimum absolute atomic E-state index is 0.630. The molecule has 0 aliphatic rings. The maximum atomic E-state index is 4.71. The van der Waals surface area contributed by atoms with Crippen LogP contribution in [0.15, 0.2) is 0 Å². The fourth-order valence-corrected chi connectivity index (χ4v) is 2.42. The van der Waals surface area contributed by atoms with Crippen molar-refractivity contribution in [3.63, 3.8) is 0 Å². The average molecular weight is 152 g/mol. The Kier molecular flexibility index (Phi) is 5.64. The van der Waals surface area contributed by atoms with E-state index >= 15 is 0 Å². The lowest BCUT2D eigenvalue weighted by Crippen LogP contribution is -1.87. The smallest absolute Gasteiger partial charge is 0.0112 e. The quantitative estimate of drug-likeness (QED) is 0.449. The molecule has 0 spiro atoms. The molecule has 0 aliphatic heterocycles. The molecule has 1 unspecified atom stereocenters. The summed E-state index contributed by atoms with van der Waals surface area (Å²) in [5.41, 5.74) is 0.630. The van der Waals surface area contributed by atoms with Gasteiger partial charge in [-0.3, -0.25) is 0 Å². The van der Waals surface area contributed by atoms with Crippen LogP contribution in [0.1, 0.15) is 6.92 Å². The van der Waals surface area contributed by atoms with Crippen LogP contribution in [0.3, 0.4) is 0 Å². The van der Waals surface area contributed by atoms with Crippen LogP contribution in [0, 0.1) is 0 Å². The summed E-state index contributed by atoms with van der Waals surface area (Å²) in [5, 5.41) is 1.83. The first-order valence-corrected chi connectivity index (χ1v) is 5.55. The summed E-state index contributed by atoms with van der Waals surface area (Å²) in [6.07, 6.45) is 2.10. The summed E-state index contributed by atoms with van der Waals surface area (Å²) in [7, 11) is 0.946. The van der Waals surface area contributed by atoms with Gasteiger partial charge in [0, 0.05) is 5.66 Å². The van der Waals surface area contributed by atoms with Crippen molar-refractivity contribution in [2.75, 3.05) is 6.26 Å². The van der Waals surface area contributed by atoms with Crippen LogP contribution in [0.5, 0.6) is 0 Å². The molecule has 0 N–H and O–H groups in total. The molecule has 0 radical (unpaired) electrons. The number of rotatable bonds is 3. The van der Waals surface area contributed by atoms with Crippen molar-refractivity contribution in [1.29, 1.82) is 0 Å². The molecule has 7 heavy (non-hydrogen) atoms. The molecule has 0 amide bonds. The Morgan fingerprint density at radius 1 is 1.86 bits per heavy atom. The van der Waals surface area contributed by atoms with Crippen molar-refractivity contribution in [1.82, 2.24) is 0 Å². The van der Waals surface area contributed by atoms with Crippen LogP contribution in [-0.4, -0.2) is 17.3 Å². The second kappa shape index (κ2) is 5.02. The van der Waals surface area contributed by atoms with Crippen molar-refractivity contribution in [2.45, 2.75) is 12.6 Å². The van der Waals surface area contributed by atoms with Gasteiger partial charge in [-0.05, 0) is 11.6 Å². The lowest BCUT2D eigenvalue weighted by atomic mass is 10.6. The zero-order chi connectivity index (χ0) is 5.70. The van der Waals surface area contributed by atoms with Gasteiger partial charge in [-0.1, -0.05) is 26.9 Å². The van der Waals surface area contributed by atoms with E-state index in [1.807, 2.05) is 16.7 Å². The molecule has 0 nitrogen and oxygen atoms in total. The fourth-order valence-electron chi connectivity index (χ4n) is 0.214. The van der Waals surface area contributed by atoms with Crippen molar-refractivity contribution in [3.8, 4) is 0 Å². The minimum Gasteiger partial charge on any atom is -0.140 e. The molecule has 0 aliphatic carbocycles. The van der Waals surface area contributed by atoms with Gasteiger partial charge >= 0.3 is 0 Å². The molecule has 0 saturated heterocycles. The molecule has 3 heteroatoms. The Labute approximate surface area is 56.0 Å². The van der Waals surface area contributed by atoms with E-state index in [1.165, 1.54) is 0 Å². The maximum Gasteiger partial charge on any atom is 0.0112 e. The zero-order valence-electron chi connectivity index (χ0n) is 4.47. The highest BCUT2D eigenvalue weighted by atomic mass is 32.7. The Balaban J connectivity index is 2.98. The Morgan fingerprint density at radius 3 is 2.57 bits per heavy atom. The first-order chi connectivity index (χ1) is 3.31. The van der Waals surface area contributed by atoms with E-state index in [9.17, 15) is 0 Å². The average Bonchev–Trinajstić information content (AvgIpc) is 1.68. The standard InChI is InChI=1S/C4H9PS2/c1-4(3-6)5-7-2/h3-5H,1-2H3/t4-/m1/s1. The first kappa shape index (κ1) is 7.87. The third-order valence-electron chi connectivity index (χ3n) is 0.508. The van der Waals surface area contributed by atoms with Gasteiger partial charge in [0.2, 0.25) is 0 Å². The van der Waals surface area contributed by atoms with Crippen LogP contribution in [0.2, 0.25) is 0 Å². The minimum atomic E-state index is 0.630. The number of thiocarbonyl (C=S) groups is 1. The third-order valence-corrected chi connectivity index (χ3v) is 3.75. The van der Waals surface area contributed by atoms with Gasteiger partial charge in [-0.25, -0.2) is 0 Å². The summed E-state index contributed by atoms with van der Waals surface area (Å²) in [6.45, 7) is 2.14. The monoisotopic (exact) mass is 152 g/mol. The maximum absolute atomic E-state index is 4.71. The summed E-state index contributed by atoms with van der Waals surface area (Å²) < 4.78 is 0. The molecular weight excluding hydrogens is 143 g/mol. The van der Waals surface area contributed by atoms with E-state index in [0.717, 1.165) is 7.78 Å². The summed E-state index contributed by atoms with van der Waals surface area (Å²) in [4.78, 5) is 0. The Morgan fingerprint density at radius 2 is 2.43 bits per heavy atom. The van der Waals surface area contributed by atoms with Gasteiger partial charge in [-0.15, -0.1) is 11.4 Å². The fraction of sp³-hybridized carbons (Fsp3) is 0.750. The first-order valence-electron chi connectivity index (χ1n) is 2.05. The van der Waals surface area contributed by atoms with Gasteiger partial charge < -0.3 is 0 Å². The predicted molar refractivity (Wildman–Crippen MR) is 44.9 cm³/mol. The van der Waals surface area contributed by atoms with Crippen LogP contribution < -0.4 is 0 Å². The SMILES string of the molecule is CSP[C@H](C)C=S. The van der Waals surface area contributed by atoms with Gasteiger partial charge in [0.25, 0.3) is 0 Å². The molecule has 2 atom stereocenters. The van der Waals surface area contributed by atoms with Gasteiger partial charge in [0.05, 0.1) is 0 Å². The van der Waals surface area contributed by atoms with Crippen LogP contribution in [-0.2, 0) is 0 Å². The van der Waals surface area contributed by atoms with Gasteiger partial charge in [0.1, 0.15) is 0 Å². The molecule has 0 saturated carbocycles. The van der Waals surface area contributed by atoms with Crippen LogP contribution >= 0.6 is 31.4 Å². The van der Waals surface area contributed by atoms with E-state index in [-0.39, 0.29) is 0 Å². The van der Waals surface area contributed by atoms with Crippen molar-refractivity contribution < 1.29 is 0 Å². The normalized spacial score (nSPS) is 15.1. The largest absolute Gasteiger partial charge is 0.140 e. The number of hydrogen-bond donors (Lipinski definition) is 0. The zero-order valence-corrected chi connectivity index (χ0v) is 7.10. The molecule has 0 aromatic rings. The molecule has 0 heterocycles. The summed E-state index contributed by atoms with van der Waals surface area (Å²) in [5.74, 6) is 0. The van der Waals surface area contributed by atoms with Crippen LogP contribution in [0.4, 0.5) is 0 Å². The molecule has 0 bridgehead atoms. The molecule has 0 rings (SSSR count). The molecule has 0 fully saturated rings. The lowest BCUT2D eigenvalue weighted by molar-refractivity contribution is 1.38. The highest BCUT2D eigenvalue weighted by Gasteiger charge is 1.90. The second-order valence-electron chi connectivity index (χ2n) is 1.25. The van der Waals surface area contributed by atoms with Crippen molar-refractivity contribution >= 4 is 36.7 Å². The molecular formula is C4H9PS2. The van der Waals surface area contributed by atoms with Gasteiger partial charge in [-0.2, -0.15) is 0 Å². The topological polar surface area (TPSA) is 0 Å². The summed E-state index contributed by atoms with van der Waals surface area (Å²) >= 11 is 6.57. The second-order valence-corrected chi connectivity index (χ2v) is 5.01. The van der Waals surface area contributed by atoms with E-state index in [0.29, 0.717) is 5.66 Å². The summed E-state index contributed by atoms with van der Waals surface area (Å²) in [6, 6.07) is 0. The van der Waals surface area contributed by atoms with Crippen LogP contribution in [0.25, 0.3) is 0 Å². The van der Waals surface area contributed by atoms with Gasteiger partial charge in [0.15, 0.2) is 0 Å². The Bertz CT molecular complexity index is 55.7. The van der Waals surface area contributed by atoms with Crippen molar-refractivity contribution in [2.24, 2.45) is 0 Å². The van der Waals surface area contributed by atoms with Crippen molar-refractivity contribution in [3.05, 3.63) is 0 Å². The number of hydrogen-bond acceptors (Lipinski definition) is 2. The Hall–Kier alpha value is 0.870. The van der Waals surface area contributed by atoms with E-state index < -0.39 is 0 Å². The highest BCUT2D eigenvalue weighted by molar-refractivity contribution is 8.49. The van der Waals surface area contributed by atoms with E-state index in [4.69, 9.17) is 12.2 Å². The predicted octanol–water partition coefficient (Wildman–Crippen LogP) is 2.33. The molecule has 42 valence electrons. The van der Waals surface area contributed by atoms with E-state index in [2.05, 4.69) is 13.2 Å². The molecule has 0 aromatic carbocycles.